The molecule has 2 aliphatic rings. The quantitative estimate of drug-likeness (QED) is 0.851. The van der Waals surface area contributed by atoms with E-state index in [1.165, 1.54) is 5.57 Å². The molecule has 25 heavy (non-hydrogen) atoms. The minimum Gasteiger partial charge on any atom is -0.370 e. The molecular formula is C19H27N3O3. The first-order chi connectivity index (χ1) is 11.9. The molecule has 0 aliphatic carbocycles. The summed E-state index contributed by atoms with van der Waals surface area (Å²) in [6.07, 6.45) is 6.06. The maximum absolute atomic E-state index is 12.6. The monoisotopic (exact) mass is 345 g/mol. The van der Waals surface area contributed by atoms with Crippen molar-refractivity contribution in [2.24, 2.45) is 0 Å². The van der Waals surface area contributed by atoms with Crippen LogP contribution in [0.15, 0.2) is 16.4 Å². The number of aromatic nitrogens is 2. The third-order valence-electron chi connectivity index (χ3n) is 5.40. The number of carbonyl (C=O) groups is 1. The summed E-state index contributed by atoms with van der Waals surface area (Å²) in [7, 11) is 0. The fraction of sp³-hybridized carbons (Fsp3) is 0.632. The molecule has 3 rings (SSSR count). The lowest BCUT2D eigenvalue weighted by Crippen LogP contribution is -2.48. The summed E-state index contributed by atoms with van der Waals surface area (Å²) in [6, 6.07) is 0. The van der Waals surface area contributed by atoms with Gasteiger partial charge in [-0.3, -0.25) is 4.79 Å². The summed E-state index contributed by atoms with van der Waals surface area (Å²) in [6.45, 7) is 8.10. The van der Waals surface area contributed by atoms with E-state index in [1.807, 2.05) is 18.7 Å². The summed E-state index contributed by atoms with van der Waals surface area (Å²) < 4.78 is 6.02. The Kier molecular flexibility index (Phi) is 5.08. The van der Waals surface area contributed by atoms with Gasteiger partial charge in [0.2, 0.25) is 5.91 Å². The molecule has 1 amide bonds. The van der Waals surface area contributed by atoms with E-state index in [2.05, 4.69) is 23.0 Å². The van der Waals surface area contributed by atoms with E-state index >= 15 is 0 Å². The zero-order valence-electron chi connectivity index (χ0n) is 15.4. The van der Waals surface area contributed by atoms with Crippen molar-refractivity contribution in [2.45, 2.75) is 58.5 Å². The number of ether oxygens (including phenoxy) is 1. The second kappa shape index (κ2) is 7.12. The average molecular weight is 345 g/mol. The first kappa shape index (κ1) is 17.9. The number of likely N-dealkylation sites (tertiary alicyclic amines) is 1. The van der Waals surface area contributed by atoms with Crippen LogP contribution in [0.5, 0.6) is 0 Å². The van der Waals surface area contributed by atoms with E-state index in [0.29, 0.717) is 18.5 Å². The van der Waals surface area contributed by atoms with Crippen LogP contribution in [0.25, 0.3) is 0 Å². The topological polar surface area (TPSA) is 75.3 Å². The molecule has 1 N–H and O–H groups in total. The number of aryl methyl sites for hydroxylation is 2. The number of aromatic amines is 1. The number of carbonyl (C=O) groups excluding carboxylic acids is 1. The van der Waals surface area contributed by atoms with Gasteiger partial charge < -0.3 is 14.6 Å². The van der Waals surface area contributed by atoms with E-state index in [4.69, 9.17) is 4.74 Å². The van der Waals surface area contributed by atoms with Gasteiger partial charge in [0.1, 0.15) is 0 Å². The van der Waals surface area contributed by atoms with Crippen molar-refractivity contribution in [1.82, 2.24) is 14.9 Å². The molecule has 0 atom stereocenters. The highest BCUT2D eigenvalue weighted by Gasteiger charge is 2.36. The largest absolute Gasteiger partial charge is 0.370 e. The fourth-order valence-electron chi connectivity index (χ4n) is 3.91. The molecule has 6 heteroatoms. The Morgan fingerprint density at radius 1 is 1.32 bits per heavy atom. The zero-order chi connectivity index (χ0) is 18.0. The lowest BCUT2D eigenvalue weighted by Gasteiger charge is -2.42. The standard InChI is InChI=1S/C19H27N3O3/c1-13-6-11-25-19(12-13)7-9-22(10-8-19)17(23)5-4-16-14(2)20-18(24)21-15(16)3/h12H,4-11H2,1-3H3,(H,20,21,24). The number of hydrogen-bond donors (Lipinski definition) is 1. The zero-order valence-corrected chi connectivity index (χ0v) is 15.4. The van der Waals surface area contributed by atoms with Gasteiger partial charge in [-0.2, -0.15) is 4.98 Å². The van der Waals surface area contributed by atoms with Crippen LogP contribution in [0.1, 0.15) is 49.6 Å². The predicted molar refractivity (Wildman–Crippen MR) is 95.5 cm³/mol. The Bertz CT molecular complexity index is 717. The van der Waals surface area contributed by atoms with Crippen molar-refractivity contribution in [1.29, 1.82) is 0 Å². The molecule has 0 radical (unpaired) electrons. The van der Waals surface area contributed by atoms with Gasteiger partial charge in [0.05, 0.1) is 12.2 Å². The highest BCUT2D eigenvalue weighted by molar-refractivity contribution is 5.76. The molecule has 0 bridgehead atoms. The number of hydrogen-bond acceptors (Lipinski definition) is 4. The Balaban J connectivity index is 1.57. The molecule has 1 saturated heterocycles. The van der Waals surface area contributed by atoms with Crippen LogP contribution in [0, 0.1) is 13.8 Å². The highest BCUT2D eigenvalue weighted by Crippen LogP contribution is 2.33. The molecule has 1 spiro atoms. The normalized spacial score (nSPS) is 19.8. The third kappa shape index (κ3) is 4.00. The van der Waals surface area contributed by atoms with E-state index in [9.17, 15) is 9.59 Å². The smallest absolute Gasteiger partial charge is 0.345 e. The Hall–Kier alpha value is -1.95. The lowest BCUT2D eigenvalue weighted by atomic mass is 9.87. The molecule has 1 fully saturated rings. The molecule has 0 unspecified atom stereocenters. The van der Waals surface area contributed by atoms with Crippen LogP contribution >= 0.6 is 0 Å². The first-order valence-electron chi connectivity index (χ1n) is 9.05. The van der Waals surface area contributed by atoms with Crippen molar-refractivity contribution in [2.75, 3.05) is 19.7 Å². The van der Waals surface area contributed by atoms with Gasteiger partial charge in [0.15, 0.2) is 0 Å². The number of rotatable bonds is 3. The van der Waals surface area contributed by atoms with Gasteiger partial charge in [0.25, 0.3) is 0 Å². The maximum Gasteiger partial charge on any atom is 0.345 e. The number of piperidine rings is 1. The number of amides is 1. The summed E-state index contributed by atoms with van der Waals surface area (Å²) in [4.78, 5) is 32.5. The summed E-state index contributed by atoms with van der Waals surface area (Å²) in [5.74, 6) is 0.163. The van der Waals surface area contributed by atoms with Crippen molar-refractivity contribution in [3.8, 4) is 0 Å². The van der Waals surface area contributed by atoms with Crippen molar-refractivity contribution < 1.29 is 9.53 Å². The van der Waals surface area contributed by atoms with E-state index in [-0.39, 0.29) is 17.2 Å². The van der Waals surface area contributed by atoms with Gasteiger partial charge in [-0.1, -0.05) is 11.6 Å². The van der Waals surface area contributed by atoms with Gasteiger partial charge >= 0.3 is 5.69 Å². The molecule has 3 heterocycles. The molecule has 1 aromatic heterocycles. The second-order valence-corrected chi connectivity index (χ2v) is 7.27. The SMILES string of the molecule is CC1=CC2(CCN(C(=O)CCc3c(C)nc(=O)[nH]c3C)CC2)OCC1. The van der Waals surface area contributed by atoms with Gasteiger partial charge in [-0.15, -0.1) is 0 Å². The van der Waals surface area contributed by atoms with Gasteiger partial charge in [-0.05, 0) is 52.0 Å². The number of nitrogens with zero attached hydrogens (tertiary/aromatic N) is 2. The minimum atomic E-state index is -0.331. The molecule has 6 nitrogen and oxygen atoms in total. The van der Waals surface area contributed by atoms with Crippen LogP contribution in [0.4, 0.5) is 0 Å². The molecule has 136 valence electrons. The second-order valence-electron chi connectivity index (χ2n) is 7.27. The van der Waals surface area contributed by atoms with Crippen LogP contribution in [0.2, 0.25) is 0 Å². The molecular weight excluding hydrogens is 318 g/mol. The molecule has 1 aromatic rings. The Labute approximate surface area is 148 Å². The van der Waals surface area contributed by atoms with E-state index in [0.717, 1.165) is 50.2 Å². The van der Waals surface area contributed by atoms with Crippen LogP contribution in [-0.4, -0.2) is 46.1 Å². The van der Waals surface area contributed by atoms with E-state index < -0.39 is 0 Å². The molecule has 0 aromatic carbocycles. The van der Waals surface area contributed by atoms with Gasteiger partial charge in [-0.25, -0.2) is 4.79 Å². The van der Waals surface area contributed by atoms with Crippen LogP contribution in [-0.2, 0) is 16.0 Å². The van der Waals surface area contributed by atoms with Gasteiger partial charge in [0, 0.05) is 30.9 Å². The third-order valence-corrected chi connectivity index (χ3v) is 5.40. The maximum atomic E-state index is 12.6. The first-order valence-corrected chi connectivity index (χ1v) is 9.05. The molecule has 2 aliphatic heterocycles. The van der Waals surface area contributed by atoms with Crippen molar-refractivity contribution in [3.05, 3.63) is 39.1 Å². The number of H-pyrrole nitrogens is 1. The molecule has 0 saturated carbocycles. The highest BCUT2D eigenvalue weighted by atomic mass is 16.5. The summed E-state index contributed by atoms with van der Waals surface area (Å²) >= 11 is 0. The van der Waals surface area contributed by atoms with Crippen LogP contribution < -0.4 is 5.69 Å². The fourth-order valence-corrected chi connectivity index (χ4v) is 3.91. The lowest BCUT2D eigenvalue weighted by molar-refractivity contribution is -0.136. The summed E-state index contributed by atoms with van der Waals surface area (Å²) in [5.41, 5.74) is 3.39. The minimum absolute atomic E-state index is 0.158. The van der Waals surface area contributed by atoms with Crippen molar-refractivity contribution >= 4 is 5.91 Å². The van der Waals surface area contributed by atoms with Crippen molar-refractivity contribution in [3.63, 3.8) is 0 Å². The van der Waals surface area contributed by atoms with E-state index in [1.54, 1.807) is 0 Å². The summed E-state index contributed by atoms with van der Waals surface area (Å²) in [5, 5.41) is 0. The number of nitrogens with one attached hydrogen (secondary N) is 1. The van der Waals surface area contributed by atoms with Crippen LogP contribution in [0.3, 0.4) is 0 Å². The Morgan fingerprint density at radius 3 is 2.68 bits per heavy atom. The predicted octanol–water partition coefficient (Wildman–Crippen LogP) is 2.05. The Morgan fingerprint density at radius 2 is 2.04 bits per heavy atom. The average Bonchev–Trinajstić information content (AvgIpc) is 2.54.